The summed E-state index contributed by atoms with van der Waals surface area (Å²) in [7, 11) is -4.50. The molecule has 0 aliphatic carbocycles. The number of aromatic nitrogens is 8. The maximum atomic E-state index is 15.9. The molecular formula is C21H22F2N9O9PS2. The van der Waals surface area contributed by atoms with Gasteiger partial charge in [0.2, 0.25) is 0 Å². The first-order valence-electron chi connectivity index (χ1n) is 12.9. The van der Waals surface area contributed by atoms with Crippen molar-refractivity contribution in [1.82, 2.24) is 39.0 Å². The first-order chi connectivity index (χ1) is 20.9. The predicted molar refractivity (Wildman–Crippen MR) is 146 cm³/mol. The molecule has 4 aromatic heterocycles. The molecule has 9 atom stereocenters. The molecule has 4 aromatic rings. The van der Waals surface area contributed by atoms with Crippen LogP contribution in [-0.2, 0) is 44.6 Å². The Balaban J connectivity index is 1.17. The molecule has 23 heteroatoms. The topological polar surface area (TPSA) is 234 Å². The SMILES string of the molecule is Nc1ncnc2c1ncn2[C@@H]1O[C@@H]2COP(O)(=S)O[C@H]3[C@@H](F)[C@H](n4cnc5c(=O)[nH]cnc54)O[C@@H]3CCS(=O)(=O)O[C@H]2[C@H]1F. The number of aromatic amines is 1. The van der Waals surface area contributed by atoms with Crippen LogP contribution in [0.25, 0.3) is 22.3 Å². The molecule has 236 valence electrons. The predicted octanol–water partition coefficient (Wildman–Crippen LogP) is -0.250. The second-order valence-electron chi connectivity index (χ2n) is 10.1. The van der Waals surface area contributed by atoms with Gasteiger partial charge in [0.1, 0.15) is 30.2 Å². The van der Waals surface area contributed by atoms with E-state index in [4.69, 9.17) is 40.2 Å². The normalized spacial score (nSPS) is 36.1. The van der Waals surface area contributed by atoms with Gasteiger partial charge in [-0.3, -0.25) is 22.6 Å². The molecule has 0 bridgehead atoms. The third-order valence-corrected chi connectivity index (χ3v) is 10.2. The minimum Gasteiger partial charge on any atom is -0.382 e. The van der Waals surface area contributed by atoms with Crippen LogP contribution in [0.3, 0.4) is 0 Å². The summed E-state index contributed by atoms with van der Waals surface area (Å²) in [5, 5.41) is 0. The number of rotatable bonds is 2. The Hall–Kier alpha value is -3.08. The molecule has 3 aliphatic heterocycles. The van der Waals surface area contributed by atoms with Crippen LogP contribution in [0.5, 0.6) is 0 Å². The molecule has 1 unspecified atom stereocenters. The fourth-order valence-electron chi connectivity index (χ4n) is 5.38. The zero-order valence-electron chi connectivity index (χ0n) is 22.0. The van der Waals surface area contributed by atoms with Crippen LogP contribution in [-0.4, -0.2) is 101 Å². The van der Waals surface area contributed by atoms with Crippen LogP contribution in [0.2, 0.25) is 0 Å². The molecule has 4 N–H and O–H groups in total. The van der Waals surface area contributed by atoms with Crippen molar-refractivity contribution in [3.05, 3.63) is 35.7 Å². The summed E-state index contributed by atoms with van der Waals surface area (Å²) in [6.07, 6.45) is -9.10. The van der Waals surface area contributed by atoms with Gasteiger partial charge in [-0.15, -0.1) is 0 Å². The Labute approximate surface area is 249 Å². The minimum atomic E-state index is -4.50. The van der Waals surface area contributed by atoms with Crippen LogP contribution in [0.1, 0.15) is 18.9 Å². The van der Waals surface area contributed by atoms with Crippen LogP contribution >= 0.6 is 6.72 Å². The minimum absolute atomic E-state index is 0.0114. The molecule has 3 aliphatic rings. The van der Waals surface area contributed by atoms with E-state index >= 15 is 8.78 Å². The zero-order valence-corrected chi connectivity index (χ0v) is 24.5. The third kappa shape index (κ3) is 5.08. The Morgan fingerprint density at radius 3 is 2.41 bits per heavy atom. The average Bonchev–Trinajstić information content (AvgIpc) is 3.73. The number of ether oxygens (including phenoxy) is 2. The van der Waals surface area contributed by atoms with Gasteiger partial charge >= 0.3 is 6.72 Å². The summed E-state index contributed by atoms with van der Waals surface area (Å²) in [5.74, 6) is -0.728. The summed E-state index contributed by atoms with van der Waals surface area (Å²) >= 11 is 5.12. The van der Waals surface area contributed by atoms with Gasteiger partial charge in [0.15, 0.2) is 47.4 Å². The summed E-state index contributed by atoms with van der Waals surface area (Å²) in [6.45, 7) is -4.97. The van der Waals surface area contributed by atoms with Gasteiger partial charge in [0.25, 0.3) is 15.7 Å². The highest BCUT2D eigenvalue weighted by Gasteiger charge is 2.53. The van der Waals surface area contributed by atoms with Gasteiger partial charge in [-0.2, -0.15) is 8.42 Å². The Bertz CT molecular complexity index is 1960. The molecule has 3 saturated heterocycles. The molecule has 0 spiro atoms. The smallest absolute Gasteiger partial charge is 0.325 e. The number of fused-ring (bicyclic) bond motifs is 4. The summed E-state index contributed by atoms with van der Waals surface area (Å²) in [4.78, 5) is 45.2. The second-order valence-corrected chi connectivity index (χ2v) is 14.6. The number of imidazole rings is 2. The van der Waals surface area contributed by atoms with E-state index < -0.39 is 90.4 Å². The van der Waals surface area contributed by atoms with E-state index in [-0.39, 0.29) is 28.1 Å². The zero-order chi connectivity index (χ0) is 31.0. The van der Waals surface area contributed by atoms with Gasteiger partial charge < -0.3 is 29.6 Å². The molecule has 3 fully saturated rings. The van der Waals surface area contributed by atoms with Gasteiger partial charge in [-0.05, 0) is 18.2 Å². The lowest BCUT2D eigenvalue weighted by atomic mass is 10.1. The molecule has 0 aromatic carbocycles. The highest BCUT2D eigenvalue weighted by Crippen LogP contribution is 2.51. The van der Waals surface area contributed by atoms with Crippen LogP contribution in [0.15, 0.2) is 30.1 Å². The maximum Gasteiger partial charge on any atom is 0.325 e. The lowest BCUT2D eigenvalue weighted by molar-refractivity contribution is -0.0456. The van der Waals surface area contributed by atoms with Crippen LogP contribution in [0, 0.1) is 0 Å². The van der Waals surface area contributed by atoms with E-state index in [1.165, 1.54) is 10.9 Å². The summed E-state index contributed by atoms with van der Waals surface area (Å²) in [6, 6.07) is 0. The van der Waals surface area contributed by atoms with Crippen LogP contribution in [0.4, 0.5) is 14.6 Å². The highest BCUT2D eigenvalue weighted by molar-refractivity contribution is 8.07. The third-order valence-electron chi connectivity index (χ3n) is 7.40. The molecular weight excluding hydrogens is 655 g/mol. The quantitative estimate of drug-likeness (QED) is 0.183. The number of hydrogen-bond donors (Lipinski definition) is 3. The molecule has 0 radical (unpaired) electrons. The van der Waals surface area contributed by atoms with Crippen molar-refractivity contribution in [3.8, 4) is 0 Å². The van der Waals surface area contributed by atoms with Crippen LogP contribution < -0.4 is 11.3 Å². The number of nitrogens with one attached hydrogen (secondary N) is 1. The monoisotopic (exact) mass is 677 g/mol. The van der Waals surface area contributed by atoms with E-state index in [1.54, 1.807) is 0 Å². The van der Waals surface area contributed by atoms with Crippen molar-refractivity contribution >= 4 is 56.8 Å². The number of hydrogen-bond acceptors (Lipinski definition) is 15. The van der Waals surface area contributed by atoms with Gasteiger partial charge in [0, 0.05) is 0 Å². The van der Waals surface area contributed by atoms with E-state index in [0.717, 1.165) is 23.5 Å². The first kappa shape index (κ1) is 29.6. The molecule has 7 heterocycles. The van der Waals surface area contributed by atoms with Crippen molar-refractivity contribution in [2.75, 3.05) is 18.1 Å². The number of anilines is 1. The largest absolute Gasteiger partial charge is 0.382 e. The lowest BCUT2D eigenvalue weighted by Crippen LogP contribution is -2.39. The van der Waals surface area contributed by atoms with Crippen molar-refractivity contribution < 1.29 is 44.8 Å². The standard InChI is InChI=1S/C21H22F2N9O9PS2/c22-10-14-8(38-20(10)32-7-30-13-18(32)27-5-28-19(13)33)1-2-44(35,36)41-15-9(3-37-42(34,43)40-14)39-21(11(15)23)31-6-29-12-16(24)25-4-26-17(12)31/h4-11,14-15,20-21H,1-3H2,(H,34,43)(H2,24,25,26)(H,27,28,33)/t8-,9-,10-,11-,14-,15-,20-,21-,42?/m1/s1. The van der Waals surface area contributed by atoms with Gasteiger partial charge in [0.05, 0.1) is 37.4 Å². The van der Waals surface area contributed by atoms with Gasteiger partial charge in [-0.1, -0.05) is 0 Å². The van der Waals surface area contributed by atoms with Crippen molar-refractivity contribution in [2.24, 2.45) is 0 Å². The number of nitrogens with zero attached hydrogens (tertiary/aromatic N) is 7. The van der Waals surface area contributed by atoms with Crippen molar-refractivity contribution in [1.29, 1.82) is 0 Å². The maximum absolute atomic E-state index is 15.9. The van der Waals surface area contributed by atoms with E-state index in [9.17, 15) is 18.1 Å². The fourth-order valence-corrected chi connectivity index (χ4v) is 8.00. The average molecular weight is 678 g/mol. The van der Waals surface area contributed by atoms with E-state index in [1.807, 2.05) is 0 Å². The lowest BCUT2D eigenvalue weighted by Gasteiger charge is -2.27. The molecule has 0 amide bonds. The Morgan fingerprint density at radius 1 is 1.00 bits per heavy atom. The summed E-state index contributed by atoms with van der Waals surface area (Å²) in [5.41, 5.74) is 5.41. The molecule has 0 saturated carbocycles. The Kier molecular flexibility index (Phi) is 7.25. The summed E-state index contributed by atoms with van der Waals surface area (Å²) < 4.78 is 88.1. The number of nitrogens with two attached hydrogens (primary N) is 1. The fraction of sp³-hybridized carbons (Fsp3) is 0.524. The van der Waals surface area contributed by atoms with E-state index in [0.29, 0.717) is 0 Å². The highest BCUT2D eigenvalue weighted by atomic mass is 32.5. The number of H-pyrrole nitrogens is 1. The number of halogens is 2. The molecule has 18 nitrogen and oxygen atoms in total. The number of nitrogen functional groups attached to an aromatic ring is 1. The van der Waals surface area contributed by atoms with Crippen molar-refractivity contribution in [2.45, 2.75) is 55.6 Å². The second kappa shape index (κ2) is 10.8. The molecule has 7 rings (SSSR count). The van der Waals surface area contributed by atoms with Gasteiger partial charge in [-0.25, -0.2) is 33.7 Å². The first-order valence-corrected chi connectivity index (χ1v) is 17.1. The number of alkyl halides is 2. The van der Waals surface area contributed by atoms with E-state index in [2.05, 4.69) is 29.9 Å². The molecule has 44 heavy (non-hydrogen) atoms. The van der Waals surface area contributed by atoms with Crippen molar-refractivity contribution in [3.63, 3.8) is 0 Å². The Morgan fingerprint density at radius 2 is 1.66 bits per heavy atom.